The number of carbonyl (C=O) groups excluding carboxylic acids is 2. The summed E-state index contributed by atoms with van der Waals surface area (Å²) in [6.45, 7) is 0. The van der Waals surface area contributed by atoms with Crippen LogP contribution in [-0.4, -0.2) is 33.4 Å². The largest absolute Gasteiger partial charge is 0.350 e. The molecule has 26 heavy (non-hydrogen) atoms. The van der Waals surface area contributed by atoms with Crippen LogP contribution in [0.25, 0.3) is 10.9 Å². The fourth-order valence-corrected chi connectivity index (χ4v) is 3.53. The van der Waals surface area contributed by atoms with E-state index in [0.29, 0.717) is 12.8 Å². The van der Waals surface area contributed by atoms with Crippen molar-refractivity contribution in [1.82, 2.24) is 20.2 Å². The van der Waals surface area contributed by atoms with Crippen LogP contribution < -0.4 is 10.6 Å². The van der Waals surface area contributed by atoms with Gasteiger partial charge in [-0.05, 0) is 23.3 Å². The molecule has 2 amide bonds. The maximum absolute atomic E-state index is 12.5. The number of hydrogen-bond acceptors (Lipinski definition) is 3. The SMILES string of the molecule is Cn1cc(C[C@H]2NC(=O)C(Cc3cccnc3)NC2=O)c2ccccc21. The molecule has 1 aliphatic rings. The van der Waals surface area contributed by atoms with Gasteiger partial charge in [0.2, 0.25) is 11.8 Å². The molecule has 1 aromatic carbocycles. The van der Waals surface area contributed by atoms with Crippen molar-refractivity contribution in [2.75, 3.05) is 0 Å². The van der Waals surface area contributed by atoms with Gasteiger partial charge in [0.15, 0.2) is 0 Å². The highest BCUT2D eigenvalue weighted by atomic mass is 16.2. The quantitative estimate of drug-likeness (QED) is 0.747. The number of piperazine rings is 1. The molecule has 4 rings (SSSR count). The smallest absolute Gasteiger partial charge is 0.243 e. The van der Waals surface area contributed by atoms with Gasteiger partial charge in [0.1, 0.15) is 12.1 Å². The van der Waals surface area contributed by atoms with Gasteiger partial charge in [0.25, 0.3) is 0 Å². The summed E-state index contributed by atoms with van der Waals surface area (Å²) >= 11 is 0. The molecule has 1 fully saturated rings. The highest BCUT2D eigenvalue weighted by molar-refractivity contribution is 5.97. The van der Waals surface area contributed by atoms with E-state index in [-0.39, 0.29) is 11.8 Å². The Labute approximate surface area is 151 Å². The number of aromatic nitrogens is 2. The van der Waals surface area contributed by atoms with Crippen molar-refractivity contribution in [3.05, 3.63) is 66.1 Å². The Morgan fingerprint density at radius 2 is 1.73 bits per heavy atom. The number of fused-ring (bicyclic) bond motifs is 1. The predicted molar refractivity (Wildman–Crippen MR) is 98.4 cm³/mol. The lowest BCUT2D eigenvalue weighted by molar-refractivity contribution is -0.136. The number of aryl methyl sites for hydroxylation is 1. The number of carbonyl (C=O) groups is 2. The molecule has 1 unspecified atom stereocenters. The molecule has 2 aromatic heterocycles. The maximum atomic E-state index is 12.5. The van der Waals surface area contributed by atoms with Gasteiger partial charge in [0, 0.05) is 49.4 Å². The third kappa shape index (κ3) is 3.06. The van der Waals surface area contributed by atoms with Crippen molar-refractivity contribution < 1.29 is 9.59 Å². The Balaban J connectivity index is 1.49. The highest BCUT2D eigenvalue weighted by Gasteiger charge is 2.34. The highest BCUT2D eigenvalue weighted by Crippen LogP contribution is 2.22. The summed E-state index contributed by atoms with van der Waals surface area (Å²) in [5.41, 5.74) is 3.08. The number of hydrogen-bond donors (Lipinski definition) is 2. The molecule has 0 aliphatic carbocycles. The van der Waals surface area contributed by atoms with Gasteiger partial charge in [-0.1, -0.05) is 24.3 Å². The van der Waals surface area contributed by atoms with Crippen LogP contribution in [0.15, 0.2) is 55.0 Å². The Bertz CT molecular complexity index is 964. The van der Waals surface area contributed by atoms with E-state index in [0.717, 1.165) is 22.0 Å². The lowest BCUT2D eigenvalue weighted by atomic mass is 9.99. The van der Waals surface area contributed by atoms with E-state index in [4.69, 9.17) is 0 Å². The van der Waals surface area contributed by atoms with E-state index >= 15 is 0 Å². The van der Waals surface area contributed by atoms with Crippen molar-refractivity contribution in [3.63, 3.8) is 0 Å². The lowest BCUT2D eigenvalue weighted by Crippen LogP contribution is -2.62. The molecule has 0 bridgehead atoms. The summed E-state index contributed by atoms with van der Waals surface area (Å²) in [5, 5.41) is 6.84. The summed E-state index contributed by atoms with van der Waals surface area (Å²) in [7, 11) is 1.98. The van der Waals surface area contributed by atoms with Crippen LogP contribution in [0.2, 0.25) is 0 Å². The maximum Gasteiger partial charge on any atom is 0.243 e. The molecule has 0 spiro atoms. The zero-order chi connectivity index (χ0) is 18.1. The average Bonchev–Trinajstić information content (AvgIpc) is 2.96. The van der Waals surface area contributed by atoms with E-state index in [9.17, 15) is 9.59 Å². The molecule has 6 heteroatoms. The zero-order valence-electron chi connectivity index (χ0n) is 14.5. The molecule has 132 valence electrons. The average molecular weight is 348 g/mol. The van der Waals surface area contributed by atoms with Crippen LogP contribution in [0.5, 0.6) is 0 Å². The first-order valence-corrected chi connectivity index (χ1v) is 8.64. The third-order valence-electron chi connectivity index (χ3n) is 4.83. The van der Waals surface area contributed by atoms with E-state index < -0.39 is 12.1 Å². The lowest BCUT2D eigenvalue weighted by Gasteiger charge is -2.29. The fourth-order valence-electron chi connectivity index (χ4n) is 3.53. The number of benzene rings is 1. The second kappa shape index (κ2) is 6.63. The van der Waals surface area contributed by atoms with Gasteiger partial charge >= 0.3 is 0 Å². The minimum Gasteiger partial charge on any atom is -0.350 e. The summed E-state index contributed by atoms with van der Waals surface area (Å²) in [5.74, 6) is -0.301. The fraction of sp³-hybridized carbons (Fsp3) is 0.250. The molecule has 6 nitrogen and oxygen atoms in total. The van der Waals surface area contributed by atoms with E-state index in [1.165, 1.54) is 0 Å². The van der Waals surface area contributed by atoms with Gasteiger partial charge in [-0.15, -0.1) is 0 Å². The van der Waals surface area contributed by atoms with Gasteiger partial charge in [0.05, 0.1) is 0 Å². The number of amides is 2. The van der Waals surface area contributed by atoms with Gasteiger partial charge in [-0.3, -0.25) is 14.6 Å². The molecular formula is C20H20N4O2. The van der Waals surface area contributed by atoms with E-state index in [1.54, 1.807) is 12.4 Å². The summed E-state index contributed by atoms with van der Waals surface area (Å²) < 4.78 is 2.04. The summed E-state index contributed by atoms with van der Waals surface area (Å²) in [4.78, 5) is 29.1. The molecule has 0 radical (unpaired) electrons. The first-order chi connectivity index (χ1) is 12.6. The van der Waals surface area contributed by atoms with Crippen LogP contribution in [-0.2, 0) is 29.5 Å². The first-order valence-electron chi connectivity index (χ1n) is 8.64. The molecule has 3 heterocycles. The molecule has 1 saturated heterocycles. The van der Waals surface area contributed by atoms with Crippen LogP contribution in [0.1, 0.15) is 11.1 Å². The van der Waals surface area contributed by atoms with E-state index in [1.807, 2.05) is 54.2 Å². The minimum absolute atomic E-state index is 0.147. The van der Waals surface area contributed by atoms with Crippen LogP contribution in [0, 0.1) is 0 Å². The van der Waals surface area contributed by atoms with Crippen molar-refractivity contribution in [1.29, 1.82) is 0 Å². The van der Waals surface area contributed by atoms with Crippen molar-refractivity contribution in [2.24, 2.45) is 7.05 Å². The van der Waals surface area contributed by atoms with Crippen molar-refractivity contribution >= 4 is 22.7 Å². The van der Waals surface area contributed by atoms with Crippen molar-refractivity contribution in [2.45, 2.75) is 24.9 Å². The molecule has 3 aromatic rings. The number of nitrogens with zero attached hydrogens (tertiary/aromatic N) is 2. The Morgan fingerprint density at radius 3 is 2.46 bits per heavy atom. The zero-order valence-corrected chi connectivity index (χ0v) is 14.5. The predicted octanol–water partition coefficient (Wildman–Crippen LogP) is 1.34. The second-order valence-electron chi connectivity index (χ2n) is 6.67. The van der Waals surface area contributed by atoms with Gasteiger partial charge in [-0.2, -0.15) is 0 Å². The molecule has 2 atom stereocenters. The summed E-state index contributed by atoms with van der Waals surface area (Å²) in [6, 6.07) is 10.7. The number of para-hydroxylation sites is 1. The molecule has 0 saturated carbocycles. The van der Waals surface area contributed by atoms with E-state index in [2.05, 4.69) is 15.6 Å². The third-order valence-corrected chi connectivity index (χ3v) is 4.83. The molecular weight excluding hydrogens is 328 g/mol. The van der Waals surface area contributed by atoms with Gasteiger partial charge < -0.3 is 15.2 Å². The Kier molecular flexibility index (Phi) is 4.16. The minimum atomic E-state index is -0.560. The topological polar surface area (TPSA) is 76.0 Å². The standard InChI is InChI=1S/C20H20N4O2/c1-24-12-14(15-6-2-3-7-18(15)24)10-17-20(26)22-16(19(25)23-17)9-13-5-4-8-21-11-13/h2-8,11-12,16-17H,9-10H2,1H3,(H,22,26)(H,23,25)/t16?,17-/m1/s1. The Hall–Kier alpha value is -3.15. The number of pyridine rings is 1. The van der Waals surface area contributed by atoms with Crippen LogP contribution >= 0.6 is 0 Å². The number of nitrogens with one attached hydrogen (secondary N) is 2. The molecule has 1 aliphatic heterocycles. The monoisotopic (exact) mass is 348 g/mol. The second-order valence-corrected chi connectivity index (χ2v) is 6.67. The van der Waals surface area contributed by atoms with Crippen LogP contribution in [0.4, 0.5) is 0 Å². The first kappa shape index (κ1) is 16.3. The van der Waals surface area contributed by atoms with Crippen molar-refractivity contribution in [3.8, 4) is 0 Å². The summed E-state index contributed by atoms with van der Waals surface area (Å²) in [6.07, 6.45) is 6.32. The van der Waals surface area contributed by atoms with Gasteiger partial charge in [-0.25, -0.2) is 0 Å². The Morgan fingerprint density at radius 1 is 1.00 bits per heavy atom. The molecule has 2 N–H and O–H groups in total. The normalized spacial score (nSPS) is 20.0. The number of rotatable bonds is 4. The van der Waals surface area contributed by atoms with Crippen LogP contribution in [0.3, 0.4) is 0 Å².